The van der Waals surface area contributed by atoms with E-state index in [-0.39, 0.29) is 6.42 Å². The van der Waals surface area contributed by atoms with E-state index in [0.717, 1.165) is 15.6 Å². The molecule has 1 unspecified atom stereocenters. The molecule has 0 bridgehead atoms. The summed E-state index contributed by atoms with van der Waals surface area (Å²) in [4.78, 5) is 0. The van der Waals surface area contributed by atoms with Crippen LogP contribution in [0, 0.1) is 6.92 Å². The van der Waals surface area contributed by atoms with Gasteiger partial charge < -0.3 is 5.73 Å². The summed E-state index contributed by atoms with van der Waals surface area (Å²) in [5.41, 5.74) is 7.41. The zero-order chi connectivity index (χ0) is 12.3. The summed E-state index contributed by atoms with van der Waals surface area (Å²) >= 11 is 3.33. The van der Waals surface area contributed by atoms with E-state index in [0.29, 0.717) is 0 Å². The molecule has 0 saturated heterocycles. The van der Waals surface area contributed by atoms with Crippen molar-refractivity contribution in [1.82, 2.24) is 0 Å². The maximum absolute atomic E-state index is 12.0. The van der Waals surface area contributed by atoms with Crippen molar-refractivity contribution in [2.75, 3.05) is 0 Å². The first-order valence-corrected chi connectivity index (χ1v) is 5.68. The standard InChI is InChI=1S/C11H13BrF3N/c1-7-8(3-2-4-9(7)12)10(16)5-6-11(13,14)15/h2-4,10H,5-6,16H2,1H3. The summed E-state index contributed by atoms with van der Waals surface area (Å²) in [6.45, 7) is 1.84. The van der Waals surface area contributed by atoms with Crippen molar-refractivity contribution in [2.24, 2.45) is 5.73 Å². The highest BCUT2D eigenvalue weighted by molar-refractivity contribution is 9.10. The first kappa shape index (κ1) is 13.5. The monoisotopic (exact) mass is 295 g/mol. The van der Waals surface area contributed by atoms with Crippen molar-refractivity contribution in [1.29, 1.82) is 0 Å². The normalized spacial score (nSPS) is 13.9. The number of benzene rings is 1. The Balaban J connectivity index is 2.73. The Hall–Kier alpha value is -0.550. The number of halogens is 4. The van der Waals surface area contributed by atoms with Gasteiger partial charge in [0.15, 0.2) is 0 Å². The zero-order valence-electron chi connectivity index (χ0n) is 8.81. The van der Waals surface area contributed by atoms with Crippen molar-refractivity contribution in [3.63, 3.8) is 0 Å². The maximum atomic E-state index is 12.0. The second-order valence-electron chi connectivity index (χ2n) is 3.71. The van der Waals surface area contributed by atoms with Crippen LogP contribution in [0.2, 0.25) is 0 Å². The molecule has 0 aliphatic rings. The van der Waals surface area contributed by atoms with Gasteiger partial charge in [0.1, 0.15) is 0 Å². The minimum absolute atomic E-state index is 0.0825. The third-order valence-electron chi connectivity index (χ3n) is 2.45. The predicted octanol–water partition coefficient (Wildman–Crippen LogP) is 4.10. The van der Waals surface area contributed by atoms with Crippen molar-refractivity contribution < 1.29 is 13.2 Å². The largest absolute Gasteiger partial charge is 0.389 e. The second kappa shape index (κ2) is 5.19. The van der Waals surface area contributed by atoms with Crippen LogP contribution >= 0.6 is 15.9 Å². The van der Waals surface area contributed by atoms with Gasteiger partial charge in [-0.1, -0.05) is 28.1 Å². The Bertz CT molecular complexity index is 363. The SMILES string of the molecule is Cc1c(Br)cccc1C(N)CCC(F)(F)F. The number of rotatable bonds is 3. The number of nitrogens with two attached hydrogens (primary N) is 1. The van der Waals surface area contributed by atoms with Crippen LogP contribution in [0.5, 0.6) is 0 Å². The second-order valence-corrected chi connectivity index (χ2v) is 4.57. The van der Waals surface area contributed by atoms with Crippen LogP contribution in [0.25, 0.3) is 0 Å². The van der Waals surface area contributed by atoms with Gasteiger partial charge in [-0.3, -0.25) is 0 Å². The fourth-order valence-electron chi connectivity index (χ4n) is 1.50. The lowest BCUT2D eigenvalue weighted by Crippen LogP contribution is -2.16. The minimum atomic E-state index is -4.14. The number of hydrogen-bond acceptors (Lipinski definition) is 1. The van der Waals surface area contributed by atoms with Crippen LogP contribution < -0.4 is 5.73 Å². The molecule has 16 heavy (non-hydrogen) atoms. The predicted molar refractivity (Wildman–Crippen MR) is 61.1 cm³/mol. The molecular formula is C11H13BrF3N. The van der Waals surface area contributed by atoms with Crippen molar-refractivity contribution in [3.05, 3.63) is 33.8 Å². The van der Waals surface area contributed by atoms with Gasteiger partial charge in [-0.25, -0.2) is 0 Å². The Morgan fingerprint density at radius 3 is 2.56 bits per heavy atom. The molecule has 2 N–H and O–H groups in total. The lowest BCUT2D eigenvalue weighted by Gasteiger charge is -2.16. The van der Waals surface area contributed by atoms with Crippen LogP contribution in [0.4, 0.5) is 13.2 Å². The van der Waals surface area contributed by atoms with Crippen LogP contribution in [0.15, 0.2) is 22.7 Å². The molecule has 0 aliphatic carbocycles. The van der Waals surface area contributed by atoms with E-state index < -0.39 is 18.6 Å². The Morgan fingerprint density at radius 2 is 2.00 bits per heavy atom. The third-order valence-corrected chi connectivity index (χ3v) is 3.31. The molecule has 1 nitrogen and oxygen atoms in total. The van der Waals surface area contributed by atoms with Crippen molar-refractivity contribution in [3.8, 4) is 0 Å². The van der Waals surface area contributed by atoms with Gasteiger partial charge in [0.25, 0.3) is 0 Å². The van der Waals surface area contributed by atoms with E-state index in [9.17, 15) is 13.2 Å². The van der Waals surface area contributed by atoms with E-state index >= 15 is 0 Å². The molecular weight excluding hydrogens is 283 g/mol. The van der Waals surface area contributed by atoms with E-state index in [4.69, 9.17) is 5.73 Å². The fraction of sp³-hybridized carbons (Fsp3) is 0.455. The third kappa shape index (κ3) is 3.79. The maximum Gasteiger partial charge on any atom is 0.389 e. The molecule has 1 rings (SSSR count). The number of alkyl halides is 3. The van der Waals surface area contributed by atoms with Crippen LogP contribution in [0.1, 0.15) is 30.0 Å². The van der Waals surface area contributed by atoms with Crippen molar-refractivity contribution >= 4 is 15.9 Å². The zero-order valence-corrected chi connectivity index (χ0v) is 10.4. The van der Waals surface area contributed by atoms with Crippen LogP contribution in [-0.2, 0) is 0 Å². The summed E-state index contributed by atoms with van der Waals surface area (Å²) in [7, 11) is 0. The van der Waals surface area contributed by atoms with Crippen molar-refractivity contribution in [2.45, 2.75) is 32.0 Å². The van der Waals surface area contributed by atoms with Gasteiger partial charge in [0.2, 0.25) is 0 Å². The number of hydrogen-bond donors (Lipinski definition) is 1. The van der Waals surface area contributed by atoms with Crippen LogP contribution in [-0.4, -0.2) is 6.18 Å². The first-order chi connectivity index (χ1) is 7.31. The molecule has 1 atom stereocenters. The van der Waals surface area contributed by atoms with E-state index in [2.05, 4.69) is 15.9 Å². The van der Waals surface area contributed by atoms with Gasteiger partial charge in [0, 0.05) is 16.9 Å². The summed E-state index contributed by atoms with van der Waals surface area (Å²) in [5.74, 6) is 0. The minimum Gasteiger partial charge on any atom is -0.324 e. The summed E-state index contributed by atoms with van der Waals surface area (Å²) in [6, 6.07) is 4.81. The Morgan fingerprint density at radius 1 is 1.38 bits per heavy atom. The van der Waals surface area contributed by atoms with Gasteiger partial charge in [0.05, 0.1) is 0 Å². The molecule has 0 saturated carbocycles. The molecule has 0 amide bonds. The lowest BCUT2D eigenvalue weighted by atomic mass is 9.98. The van der Waals surface area contributed by atoms with E-state index in [1.807, 2.05) is 13.0 Å². The Kier molecular flexibility index (Phi) is 4.38. The quantitative estimate of drug-likeness (QED) is 0.893. The first-order valence-electron chi connectivity index (χ1n) is 4.88. The fourth-order valence-corrected chi connectivity index (χ4v) is 1.88. The molecule has 90 valence electrons. The molecule has 5 heteroatoms. The molecule has 1 aromatic carbocycles. The van der Waals surface area contributed by atoms with Gasteiger partial charge in [-0.05, 0) is 30.5 Å². The highest BCUT2D eigenvalue weighted by Gasteiger charge is 2.28. The van der Waals surface area contributed by atoms with Gasteiger partial charge in [-0.2, -0.15) is 13.2 Å². The van der Waals surface area contributed by atoms with Gasteiger partial charge in [-0.15, -0.1) is 0 Å². The van der Waals surface area contributed by atoms with E-state index in [1.165, 1.54) is 0 Å². The summed E-state index contributed by atoms with van der Waals surface area (Å²) in [6.07, 6.45) is -5.07. The highest BCUT2D eigenvalue weighted by atomic mass is 79.9. The van der Waals surface area contributed by atoms with E-state index in [1.54, 1.807) is 12.1 Å². The topological polar surface area (TPSA) is 26.0 Å². The lowest BCUT2D eigenvalue weighted by molar-refractivity contribution is -0.136. The molecule has 0 fully saturated rings. The summed E-state index contributed by atoms with van der Waals surface area (Å²) < 4.78 is 37.0. The van der Waals surface area contributed by atoms with Crippen LogP contribution in [0.3, 0.4) is 0 Å². The smallest absolute Gasteiger partial charge is 0.324 e. The molecule has 0 spiro atoms. The molecule has 0 heterocycles. The molecule has 0 aliphatic heterocycles. The average Bonchev–Trinajstić information content (AvgIpc) is 2.17. The average molecular weight is 296 g/mol. The Labute approximate surface area is 101 Å². The molecule has 0 aromatic heterocycles. The highest BCUT2D eigenvalue weighted by Crippen LogP contribution is 2.29. The summed E-state index contributed by atoms with van der Waals surface area (Å²) in [5, 5.41) is 0. The molecule has 0 radical (unpaired) electrons. The van der Waals surface area contributed by atoms with Gasteiger partial charge >= 0.3 is 6.18 Å². The molecule has 1 aromatic rings.